The van der Waals surface area contributed by atoms with E-state index in [4.69, 9.17) is 34.8 Å². The van der Waals surface area contributed by atoms with E-state index >= 15 is 0 Å². The molecule has 0 radical (unpaired) electrons. The fraction of sp³-hybridized carbons (Fsp3) is 0.167. The van der Waals surface area contributed by atoms with E-state index in [0.29, 0.717) is 5.56 Å². The maximum Gasteiger partial charge on any atom is 0.263 e. The third kappa shape index (κ3) is 5.10. The zero-order valence-corrected chi connectivity index (χ0v) is 19.7. The number of carbonyl (C=O) groups excluding carboxylic acids is 2. The third-order valence-corrected chi connectivity index (χ3v) is 6.83. The van der Waals surface area contributed by atoms with E-state index in [-0.39, 0.29) is 21.8 Å². The molecule has 35 heavy (non-hydrogen) atoms. The predicted molar refractivity (Wildman–Crippen MR) is 126 cm³/mol. The molecule has 2 N–H and O–H groups in total. The number of carbonyl (C=O) groups is 2. The van der Waals surface area contributed by atoms with Crippen molar-refractivity contribution in [3.05, 3.63) is 94.0 Å². The summed E-state index contributed by atoms with van der Waals surface area (Å²) in [6, 6.07) is 12.4. The van der Waals surface area contributed by atoms with Gasteiger partial charge in [-0.3, -0.25) is 9.59 Å². The third-order valence-electron chi connectivity index (χ3n) is 5.56. The fourth-order valence-corrected chi connectivity index (χ4v) is 4.74. The number of alkyl halides is 4. The molecule has 0 aliphatic heterocycles. The number of benzene rings is 3. The number of rotatable bonds is 6. The highest BCUT2D eigenvalue weighted by Crippen LogP contribution is 2.65. The summed E-state index contributed by atoms with van der Waals surface area (Å²) in [5.74, 6) is -4.96. The van der Waals surface area contributed by atoms with Gasteiger partial charge in [-0.05, 0) is 35.9 Å². The smallest absolute Gasteiger partial charge is 0.263 e. The first kappa shape index (κ1) is 25.3. The molecule has 182 valence electrons. The van der Waals surface area contributed by atoms with E-state index in [1.54, 1.807) is 0 Å². The fourth-order valence-electron chi connectivity index (χ4n) is 3.71. The molecule has 1 fully saturated rings. The standard InChI is InChI=1S/C24H15Cl3F4N2O2/c25-15-9-8-13(10-14(15)22(34)33-20-16(28)2-1-3-17(20)29)32-23(35)19-18(24(19,26)27)11-4-6-12(7-5-11)21(30)31/h1-10,18-19,21H,(H,32,35)(H,33,34). The van der Waals surface area contributed by atoms with Crippen molar-refractivity contribution in [2.45, 2.75) is 16.7 Å². The highest BCUT2D eigenvalue weighted by Gasteiger charge is 2.67. The Morgan fingerprint density at radius 3 is 2.14 bits per heavy atom. The minimum absolute atomic E-state index is 0.0234. The van der Waals surface area contributed by atoms with Crippen LogP contribution in [0, 0.1) is 17.6 Å². The maximum atomic E-state index is 13.9. The lowest BCUT2D eigenvalue weighted by molar-refractivity contribution is -0.117. The lowest BCUT2D eigenvalue weighted by Crippen LogP contribution is -2.18. The van der Waals surface area contributed by atoms with Crippen LogP contribution in [0.1, 0.15) is 33.8 Å². The molecule has 11 heteroatoms. The van der Waals surface area contributed by atoms with Gasteiger partial charge < -0.3 is 10.6 Å². The largest absolute Gasteiger partial charge is 0.326 e. The van der Waals surface area contributed by atoms with Gasteiger partial charge in [0.15, 0.2) is 0 Å². The Labute approximate surface area is 212 Å². The molecule has 4 rings (SSSR count). The van der Waals surface area contributed by atoms with Crippen molar-refractivity contribution < 1.29 is 27.2 Å². The van der Waals surface area contributed by atoms with Crippen LogP contribution in [0.4, 0.5) is 28.9 Å². The molecule has 3 aromatic rings. The monoisotopic (exact) mass is 544 g/mol. The van der Waals surface area contributed by atoms with Crippen LogP contribution in [-0.2, 0) is 4.79 Å². The van der Waals surface area contributed by atoms with Crippen molar-refractivity contribution >= 4 is 58.0 Å². The van der Waals surface area contributed by atoms with E-state index in [1.165, 1.54) is 42.5 Å². The summed E-state index contributed by atoms with van der Waals surface area (Å²) < 4.78 is 51.9. The highest BCUT2D eigenvalue weighted by molar-refractivity contribution is 6.53. The SMILES string of the molecule is O=C(Nc1c(F)cccc1F)c1cc(NC(=O)C2C(c3ccc(C(F)F)cc3)C2(Cl)Cl)ccc1Cl. The maximum absolute atomic E-state index is 13.9. The molecule has 4 nitrogen and oxygen atoms in total. The predicted octanol–water partition coefficient (Wildman–Crippen LogP) is 7.33. The van der Waals surface area contributed by atoms with Crippen LogP contribution in [0.15, 0.2) is 60.7 Å². The van der Waals surface area contributed by atoms with Gasteiger partial charge in [-0.25, -0.2) is 17.6 Å². The minimum atomic E-state index is -2.63. The molecule has 2 amide bonds. The van der Waals surface area contributed by atoms with Gasteiger partial charge in [-0.1, -0.05) is 41.9 Å². The van der Waals surface area contributed by atoms with Crippen LogP contribution in [0.25, 0.3) is 0 Å². The van der Waals surface area contributed by atoms with Crippen molar-refractivity contribution in [2.75, 3.05) is 10.6 Å². The first-order valence-electron chi connectivity index (χ1n) is 10.1. The molecule has 2 atom stereocenters. The number of para-hydroxylation sites is 1. The highest BCUT2D eigenvalue weighted by atomic mass is 35.5. The van der Waals surface area contributed by atoms with Crippen molar-refractivity contribution in [2.24, 2.45) is 5.92 Å². The average Bonchev–Trinajstić information content (AvgIpc) is 3.39. The second-order valence-corrected chi connectivity index (χ2v) is 9.68. The molecule has 0 aromatic heterocycles. The van der Waals surface area contributed by atoms with Crippen molar-refractivity contribution in [1.82, 2.24) is 0 Å². The Hall–Kier alpha value is -2.81. The van der Waals surface area contributed by atoms with Crippen molar-refractivity contribution in [1.29, 1.82) is 0 Å². The molecular weight excluding hydrogens is 531 g/mol. The molecule has 2 unspecified atom stereocenters. The van der Waals surface area contributed by atoms with Gasteiger partial charge in [0.05, 0.1) is 16.5 Å². The molecule has 0 bridgehead atoms. The van der Waals surface area contributed by atoms with Crippen LogP contribution in [0.3, 0.4) is 0 Å². The van der Waals surface area contributed by atoms with Gasteiger partial charge in [-0.2, -0.15) is 0 Å². The summed E-state index contributed by atoms with van der Waals surface area (Å²) in [4.78, 5) is 25.5. The Morgan fingerprint density at radius 2 is 1.54 bits per heavy atom. The van der Waals surface area contributed by atoms with E-state index in [2.05, 4.69) is 10.6 Å². The number of anilines is 2. The van der Waals surface area contributed by atoms with Gasteiger partial charge in [-0.15, -0.1) is 23.2 Å². The normalized spacial score (nSPS) is 18.3. The molecule has 0 heterocycles. The molecule has 1 aliphatic carbocycles. The Morgan fingerprint density at radius 1 is 0.914 bits per heavy atom. The number of amides is 2. The van der Waals surface area contributed by atoms with E-state index in [0.717, 1.165) is 18.2 Å². The van der Waals surface area contributed by atoms with Crippen molar-refractivity contribution in [3.8, 4) is 0 Å². The molecule has 0 saturated heterocycles. The average molecular weight is 546 g/mol. The summed E-state index contributed by atoms with van der Waals surface area (Å²) in [5, 5.41) is 4.68. The van der Waals surface area contributed by atoms with Crippen LogP contribution in [0.2, 0.25) is 5.02 Å². The quantitative estimate of drug-likeness (QED) is 0.252. The molecule has 0 spiro atoms. The summed E-state index contributed by atoms with van der Waals surface area (Å²) in [7, 11) is 0. The second kappa shape index (κ2) is 9.68. The molecule has 3 aromatic carbocycles. The first-order valence-corrected chi connectivity index (χ1v) is 11.3. The summed E-state index contributed by atoms with van der Waals surface area (Å²) in [6.07, 6.45) is -2.63. The lowest BCUT2D eigenvalue weighted by Gasteiger charge is -2.11. The second-order valence-electron chi connectivity index (χ2n) is 7.83. The first-order chi connectivity index (χ1) is 16.5. The Bertz CT molecular complexity index is 1280. The minimum Gasteiger partial charge on any atom is -0.326 e. The topological polar surface area (TPSA) is 58.2 Å². The zero-order valence-electron chi connectivity index (χ0n) is 17.5. The van der Waals surface area contributed by atoms with Gasteiger partial charge in [0.1, 0.15) is 21.7 Å². The lowest BCUT2D eigenvalue weighted by atomic mass is 10.1. The van der Waals surface area contributed by atoms with E-state index in [1.807, 2.05) is 0 Å². The molecule has 1 aliphatic rings. The summed E-state index contributed by atoms with van der Waals surface area (Å²) in [5.41, 5.74) is -0.294. The van der Waals surface area contributed by atoms with Gasteiger partial charge in [0.25, 0.3) is 12.3 Å². The zero-order chi connectivity index (χ0) is 25.5. The van der Waals surface area contributed by atoms with E-state index < -0.39 is 51.7 Å². The molecular formula is C24H15Cl3F4N2O2. The summed E-state index contributed by atoms with van der Waals surface area (Å²) in [6.45, 7) is 0. The van der Waals surface area contributed by atoms with Crippen LogP contribution < -0.4 is 10.6 Å². The van der Waals surface area contributed by atoms with Gasteiger partial charge >= 0.3 is 0 Å². The van der Waals surface area contributed by atoms with Crippen LogP contribution in [0.5, 0.6) is 0 Å². The number of nitrogens with one attached hydrogen (secondary N) is 2. The Kier molecular flexibility index (Phi) is 6.99. The number of hydrogen-bond acceptors (Lipinski definition) is 2. The van der Waals surface area contributed by atoms with E-state index in [9.17, 15) is 27.2 Å². The van der Waals surface area contributed by atoms with Crippen LogP contribution >= 0.6 is 34.8 Å². The van der Waals surface area contributed by atoms with Crippen molar-refractivity contribution in [3.63, 3.8) is 0 Å². The molecule has 1 saturated carbocycles. The van der Waals surface area contributed by atoms with Crippen LogP contribution in [-0.4, -0.2) is 16.1 Å². The number of halogens is 7. The summed E-state index contributed by atoms with van der Waals surface area (Å²) >= 11 is 18.7. The number of hydrogen-bond donors (Lipinski definition) is 2. The van der Waals surface area contributed by atoms with Gasteiger partial charge in [0.2, 0.25) is 5.91 Å². The van der Waals surface area contributed by atoms with Gasteiger partial charge in [0, 0.05) is 17.2 Å². The Balaban J connectivity index is 1.50.